The third kappa shape index (κ3) is 3.19. The van der Waals surface area contributed by atoms with Crippen LogP contribution in [0.2, 0.25) is 0 Å². The molecule has 0 radical (unpaired) electrons. The fourth-order valence-corrected chi connectivity index (χ4v) is 1.78. The van der Waals surface area contributed by atoms with Crippen LogP contribution in [0.1, 0.15) is 18.9 Å². The van der Waals surface area contributed by atoms with Gasteiger partial charge < -0.3 is 19.3 Å². The highest BCUT2D eigenvalue weighted by Crippen LogP contribution is 2.32. The topological polar surface area (TPSA) is 47.9 Å². The number of ether oxygens (including phenoxy) is 3. The summed E-state index contributed by atoms with van der Waals surface area (Å²) in [5.41, 5.74) is -1.25. The second kappa shape index (κ2) is 6.13. The first-order chi connectivity index (χ1) is 8.46. The van der Waals surface area contributed by atoms with Crippen LogP contribution in [0.15, 0.2) is 18.2 Å². The van der Waals surface area contributed by atoms with Gasteiger partial charge in [-0.05, 0) is 13.0 Å². The van der Waals surface area contributed by atoms with Crippen molar-refractivity contribution >= 4 is 0 Å². The minimum atomic E-state index is -1.41. The number of hydrogen-bond acceptors (Lipinski definition) is 4. The van der Waals surface area contributed by atoms with Gasteiger partial charge in [0.25, 0.3) is 0 Å². The summed E-state index contributed by atoms with van der Waals surface area (Å²) in [5, 5.41) is 10.4. The summed E-state index contributed by atoms with van der Waals surface area (Å²) >= 11 is 0. The van der Waals surface area contributed by atoms with Gasteiger partial charge in [-0.2, -0.15) is 0 Å². The van der Waals surface area contributed by atoms with Crippen molar-refractivity contribution in [1.82, 2.24) is 0 Å². The minimum absolute atomic E-state index is 0.0964. The van der Waals surface area contributed by atoms with Crippen molar-refractivity contribution in [3.63, 3.8) is 0 Å². The molecule has 1 aromatic rings. The highest BCUT2D eigenvalue weighted by atomic mass is 19.1. The fraction of sp³-hybridized carbons (Fsp3) is 0.538. The van der Waals surface area contributed by atoms with Gasteiger partial charge in [0.2, 0.25) is 0 Å². The lowest BCUT2D eigenvalue weighted by Crippen LogP contribution is -2.30. The monoisotopic (exact) mass is 258 g/mol. The zero-order chi connectivity index (χ0) is 13.8. The lowest BCUT2D eigenvalue weighted by Gasteiger charge is -2.28. The molecular weight excluding hydrogens is 239 g/mol. The molecular formula is C13H19FO4. The molecule has 0 aromatic heterocycles. The van der Waals surface area contributed by atoms with Crippen LogP contribution in [-0.2, 0) is 15.1 Å². The van der Waals surface area contributed by atoms with E-state index in [1.807, 2.05) is 0 Å². The molecule has 0 spiro atoms. The number of aliphatic hydroxyl groups is 1. The highest BCUT2D eigenvalue weighted by molar-refractivity contribution is 5.34. The molecule has 18 heavy (non-hydrogen) atoms. The number of hydrogen-bond donors (Lipinski definition) is 1. The molecule has 0 aliphatic rings. The molecule has 0 fully saturated rings. The normalized spacial score (nSPS) is 14.6. The van der Waals surface area contributed by atoms with Gasteiger partial charge >= 0.3 is 0 Å². The van der Waals surface area contributed by atoms with Crippen molar-refractivity contribution in [2.75, 3.05) is 21.3 Å². The molecule has 102 valence electrons. The molecule has 0 aliphatic carbocycles. The summed E-state index contributed by atoms with van der Waals surface area (Å²) < 4.78 is 29.0. The summed E-state index contributed by atoms with van der Waals surface area (Å²) in [6.45, 7) is 1.51. The fourth-order valence-electron chi connectivity index (χ4n) is 1.78. The van der Waals surface area contributed by atoms with E-state index in [-0.39, 0.29) is 17.7 Å². The molecule has 4 nitrogen and oxygen atoms in total. The second-order valence-electron chi connectivity index (χ2n) is 4.20. The first-order valence-electron chi connectivity index (χ1n) is 5.57. The van der Waals surface area contributed by atoms with Gasteiger partial charge in [-0.3, -0.25) is 0 Å². The van der Waals surface area contributed by atoms with Crippen LogP contribution in [0.3, 0.4) is 0 Å². The maximum atomic E-state index is 14.1. The van der Waals surface area contributed by atoms with E-state index in [0.29, 0.717) is 0 Å². The zero-order valence-electron chi connectivity index (χ0n) is 11.1. The van der Waals surface area contributed by atoms with E-state index in [2.05, 4.69) is 0 Å². The molecule has 0 saturated heterocycles. The van der Waals surface area contributed by atoms with Crippen LogP contribution >= 0.6 is 0 Å². The van der Waals surface area contributed by atoms with Gasteiger partial charge in [-0.15, -0.1) is 0 Å². The largest absolute Gasteiger partial charge is 0.494 e. The number of halogens is 1. The molecule has 0 saturated carbocycles. The van der Waals surface area contributed by atoms with Gasteiger partial charge in [0.15, 0.2) is 17.9 Å². The molecule has 1 rings (SSSR count). The molecule has 1 N–H and O–H groups in total. The lowest BCUT2D eigenvalue weighted by molar-refractivity contribution is -0.142. The first-order valence-corrected chi connectivity index (χ1v) is 5.57. The highest BCUT2D eigenvalue weighted by Gasteiger charge is 2.31. The Balaban J connectivity index is 3.04. The Hall–Kier alpha value is -1.17. The zero-order valence-corrected chi connectivity index (χ0v) is 11.1. The standard InChI is InChI=1S/C13H19FO4/c1-13(15,8-11(17-3)18-4)9-6-5-7-10(16-2)12(9)14/h5-7,11,15H,8H2,1-4H3. The van der Waals surface area contributed by atoms with E-state index >= 15 is 0 Å². The lowest BCUT2D eigenvalue weighted by atomic mass is 9.91. The van der Waals surface area contributed by atoms with Crippen LogP contribution in [0.25, 0.3) is 0 Å². The quantitative estimate of drug-likeness (QED) is 0.793. The Morgan fingerprint density at radius 2 is 1.89 bits per heavy atom. The van der Waals surface area contributed by atoms with E-state index in [4.69, 9.17) is 14.2 Å². The Morgan fingerprint density at radius 1 is 1.28 bits per heavy atom. The van der Waals surface area contributed by atoms with Crippen molar-refractivity contribution < 1.29 is 23.7 Å². The average Bonchev–Trinajstić information content (AvgIpc) is 2.36. The summed E-state index contributed by atoms with van der Waals surface area (Å²) in [6.07, 6.45) is -0.491. The summed E-state index contributed by atoms with van der Waals surface area (Å²) in [6, 6.07) is 4.64. The molecule has 5 heteroatoms. The maximum absolute atomic E-state index is 14.1. The predicted molar refractivity (Wildman–Crippen MR) is 64.9 cm³/mol. The van der Waals surface area contributed by atoms with Crippen molar-refractivity contribution in [3.8, 4) is 5.75 Å². The van der Waals surface area contributed by atoms with Crippen molar-refractivity contribution in [2.45, 2.75) is 25.2 Å². The third-order valence-electron chi connectivity index (χ3n) is 2.85. The summed E-state index contributed by atoms with van der Waals surface area (Å²) in [7, 11) is 4.31. The number of methoxy groups -OCH3 is 3. The van der Waals surface area contributed by atoms with Crippen LogP contribution in [0.4, 0.5) is 4.39 Å². The summed E-state index contributed by atoms with van der Waals surface area (Å²) in [4.78, 5) is 0. The van der Waals surface area contributed by atoms with Crippen LogP contribution in [-0.4, -0.2) is 32.7 Å². The van der Waals surface area contributed by atoms with E-state index in [0.717, 1.165) is 0 Å². The minimum Gasteiger partial charge on any atom is -0.494 e. The van der Waals surface area contributed by atoms with E-state index in [1.165, 1.54) is 40.4 Å². The number of rotatable bonds is 6. The molecule has 0 amide bonds. The summed E-state index contributed by atoms with van der Waals surface area (Å²) in [5.74, 6) is -0.477. The van der Waals surface area contributed by atoms with E-state index in [9.17, 15) is 9.50 Å². The van der Waals surface area contributed by atoms with Gasteiger partial charge in [-0.25, -0.2) is 4.39 Å². The second-order valence-corrected chi connectivity index (χ2v) is 4.20. The molecule has 1 atom stereocenters. The van der Waals surface area contributed by atoms with Crippen molar-refractivity contribution in [2.24, 2.45) is 0 Å². The third-order valence-corrected chi connectivity index (χ3v) is 2.85. The SMILES string of the molecule is COc1cccc(C(C)(O)CC(OC)OC)c1F. The Morgan fingerprint density at radius 3 is 2.39 bits per heavy atom. The number of benzene rings is 1. The Labute approximate surface area is 106 Å². The van der Waals surface area contributed by atoms with E-state index < -0.39 is 17.7 Å². The molecule has 0 aliphatic heterocycles. The van der Waals surface area contributed by atoms with Crippen LogP contribution < -0.4 is 4.74 Å². The Bertz CT molecular complexity index is 389. The first kappa shape index (κ1) is 14.9. The molecule has 1 unspecified atom stereocenters. The molecule has 0 heterocycles. The Kier molecular flexibility index (Phi) is 5.07. The van der Waals surface area contributed by atoms with Crippen LogP contribution in [0, 0.1) is 5.82 Å². The van der Waals surface area contributed by atoms with Gasteiger partial charge in [0, 0.05) is 26.2 Å². The van der Waals surface area contributed by atoms with Gasteiger partial charge in [0.05, 0.1) is 12.7 Å². The average molecular weight is 258 g/mol. The maximum Gasteiger partial charge on any atom is 0.171 e. The van der Waals surface area contributed by atoms with Crippen molar-refractivity contribution in [1.29, 1.82) is 0 Å². The van der Waals surface area contributed by atoms with Gasteiger partial charge in [0.1, 0.15) is 0 Å². The van der Waals surface area contributed by atoms with Gasteiger partial charge in [-0.1, -0.05) is 12.1 Å². The van der Waals surface area contributed by atoms with E-state index in [1.54, 1.807) is 6.07 Å². The smallest absolute Gasteiger partial charge is 0.171 e. The van der Waals surface area contributed by atoms with Crippen molar-refractivity contribution in [3.05, 3.63) is 29.6 Å². The molecule has 1 aromatic carbocycles. The predicted octanol–water partition coefficient (Wildman–Crippen LogP) is 2.05. The van der Waals surface area contributed by atoms with Crippen LogP contribution in [0.5, 0.6) is 5.75 Å². The molecule has 0 bridgehead atoms.